The van der Waals surface area contributed by atoms with Gasteiger partial charge < -0.3 is 14.6 Å². The predicted molar refractivity (Wildman–Crippen MR) is 105 cm³/mol. The summed E-state index contributed by atoms with van der Waals surface area (Å²) < 4.78 is 4.67. The van der Waals surface area contributed by atoms with Crippen LogP contribution < -0.4 is 4.90 Å². The third-order valence-electron chi connectivity index (χ3n) is 4.91. The molecule has 0 aromatic carbocycles. The minimum absolute atomic E-state index is 0.241. The van der Waals surface area contributed by atoms with E-state index in [0.717, 1.165) is 42.4 Å². The number of H-pyrrole nitrogens is 1. The lowest BCUT2D eigenvalue weighted by Crippen LogP contribution is -2.33. The molecule has 8 heteroatoms. The second-order valence-corrected chi connectivity index (χ2v) is 7.48. The van der Waals surface area contributed by atoms with Crippen molar-refractivity contribution in [2.75, 3.05) is 30.9 Å². The van der Waals surface area contributed by atoms with Gasteiger partial charge in [0.05, 0.1) is 25.3 Å². The van der Waals surface area contributed by atoms with Gasteiger partial charge in [-0.1, -0.05) is 11.8 Å². The molecule has 1 fully saturated rings. The summed E-state index contributed by atoms with van der Waals surface area (Å²) in [5, 5.41) is 1.96. The van der Waals surface area contributed by atoms with E-state index in [9.17, 15) is 4.79 Å². The largest absolute Gasteiger partial charge is 0.468 e. The normalized spacial score (nSPS) is 15.2. The summed E-state index contributed by atoms with van der Waals surface area (Å²) in [6.07, 6.45) is 9.50. The monoisotopic (exact) mass is 383 g/mol. The van der Waals surface area contributed by atoms with E-state index >= 15 is 0 Å². The molecule has 4 heterocycles. The molecule has 0 aliphatic carbocycles. The third kappa shape index (κ3) is 3.90. The molecular weight excluding hydrogens is 362 g/mol. The van der Waals surface area contributed by atoms with E-state index in [1.807, 2.05) is 12.3 Å². The molecule has 7 nitrogen and oxygen atoms in total. The minimum atomic E-state index is -0.263. The van der Waals surface area contributed by atoms with Gasteiger partial charge in [0.2, 0.25) is 0 Å². The number of pyridine rings is 1. The average molecular weight is 383 g/mol. The molecule has 27 heavy (non-hydrogen) atoms. The highest BCUT2D eigenvalue weighted by Crippen LogP contribution is 2.33. The molecule has 0 saturated carbocycles. The Morgan fingerprint density at radius 1 is 1.37 bits per heavy atom. The number of fused-ring (bicyclic) bond motifs is 1. The van der Waals surface area contributed by atoms with Crippen LogP contribution in [0.1, 0.15) is 24.3 Å². The van der Waals surface area contributed by atoms with Crippen molar-refractivity contribution in [3.8, 4) is 0 Å². The van der Waals surface area contributed by atoms with Gasteiger partial charge in [-0.05, 0) is 36.5 Å². The van der Waals surface area contributed by atoms with Crippen LogP contribution in [0.5, 0.6) is 0 Å². The maximum atomic E-state index is 11.3. The number of rotatable bonds is 5. The van der Waals surface area contributed by atoms with Gasteiger partial charge in [-0.15, -0.1) is 0 Å². The Balaban J connectivity index is 1.41. The number of carbonyl (C=O) groups excluding carboxylic acids is 1. The molecule has 1 aliphatic rings. The number of aromatic amines is 1. The molecular formula is C19H21N5O2S. The fourth-order valence-corrected chi connectivity index (χ4v) is 4.16. The van der Waals surface area contributed by atoms with Gasteiger partial charge in [-0.25, -0.2) is 9.97 Å². The average Bonchev–Trinajstić information content (AvgIpc) is 3.16. The van der Waals surface area contributed by atoms with E-state index in [4.69, 9.17) is 0 Å². The van der Waals surface area contributed by atoms with Gasteiger partial charge in [0, 0.05) is 30.9 Å². The summed E-state index contributed by atoms with van der Waals surface area (Å²) in [5.41, 5.74) is 2.31. The zero-order valence-electron chi connectivity index (χ0n) is 15.1. The maximum absolute atomic E-state index is 11.3. The summed E-state index contributed by atoms with van der Waals surface area (Å²) in [5.74, 6) is 1.36. The Hall–Kier alpha value is -2.61. The molecule has 0 bridgehead atoms. The SMILES string of the molecule is COC(=O)CSc1cncc(N2CCC(c3c[nH]c4ncccc34)CC2)n1. The van der Waals surface area contributed by atoms with Gasteiger partial charge >= 0.3 is 5.97 Å². The lowest BCUT2D eigenvalue weighted by molar-refractivity contribution is -0.137. The number of piperidine rings is 1. The highest BCUT2D eigenvalue weighted by molar-refractivity contribution is 7.99. The van der Waals surface area contributed by atoms with Crippen LogP contribution in [0.4, 0.5) is 5.82 Å². The number of hydrogen-bond donors (Lipinski definition) is 1. The summed E-state index contributed by atoms with van der Waals surface area (Å²) >= 11 is 1.35. The number of esters is 1. The molecule has 0 unspecified atom stereocenters. The number of thioether (sulfide) groups is 1. The van der Waals surface area contributed by atoms with Gasteiger partial charge in [-0.2, -0.15) is 0 Å². The molecule has 0 radical (unpaired) electrons. The molecule has 140 valence electrons. The molecule has 1 saturated heterocycles. The first-order chi connectivity index (χ1) is 13.2. The van der Waals surface area contributed by atoms with Crippen LogP contribution in [0.15, 0.2) is 41.9 Å². The Bertz CT molecular complexity index is 937. The van der Waals surface area contributed by atoms with Crippen LogP contribution in [-0.4, -0.2) is 51.9 Å². The van der Waals surface area contributed by atoms with E-state index < -0.39 is 0 Å². The number of aromatic nitrogens is 4. The van der Waals surface area contributed by atoms with Crippen LogP contribution in [0, 0.1) is 0 Å². The highest BCUT2D eigenvalue weighted by atomic mass is 32.2. The Kier molecular flexibility index (Phi) is 5.24. The topological polar surface area (TPSA) is 84.0 Å². The summed E-state index contributed by atoms with van der Waals surface area (Å²) in [4.78, 5) is 30.2. The Morgan fingerprint density at radius 2 is 2.22 bits per heavy atom. The van der Waals surface area contributed by atoms with Crippen molar-refractivity contribution in [3.63, 3.8) is 0 Å². The molecule has 3 aromatic heterocycles. The number of ether oxygens (including phenoxy) is 1. The highest BCUT2D eigenvalue weighted by Gasteiger charge is 2.24. The minimum Gasteiger partial charge on any atom is -0.468 e. The van der Waals surface area contributed by atoms with Crippen molar-refractivity contribution in [2.24, 2.45) is 0 Å². The van der Waals surface area contributed by atoms with Crippen molar-refractivity contribution < 1.29 is 9.53 Å². The van der Waals surface area contributed by atoms with Gasteiger partial charge in [-0.3, -0.25) is 9.78 Å². The molecule has 1 N–H and O–H groups in total. The van der Waals surface area contributed by atoms with Crippen LogP contribution >= 0.6 is 11.8 Å². The molecule has 0 spiro atoms. The molecule has 4 rings (SSSR count). The first-order valence-electron chi connectivity index (χ1n) is 8.93. The number of carbonyl (C=O) groups is 1. The van der Waals surface area contributed by atoms with E-state index in [1.165, 1.54) is 29.8 Å². The molecule has 3 aromatic rings. The van der Waals surface area contributed by atoms with Crippen molar-refractivity contribution >= 4 is 34.6 Å². The second-order valence-electron chi connectivity index (χ2n) is 6.49. The van der Waals surface area contributed by atoms with E-state index in [-0.39, 0.29) is 11.7 Å². The third-order valence-corrected chi connectivity index (χ3v) is 5.78. The van der Waals surface area contributed by atoms with Crippen LogP contribution in [0.3, 0.4) is 0 Å². The van der Waals surface area contributed by atoms with Crippen molar-refractivity contribution in [1.29, 1.82) is 0 Å². The standard InChI is InChI=1S/C19H21N5O2S/c1-26-18(25)12-27-17-11-20-10-16(23-17)24-7-4-13(5-8-24)15-9-22-19-14(15)3-2-6-21-19/h2-3,6,9-11,13H,4-5,7-8,12H2,1H3,(H,21,22). The zero-order valence-corrected chi connectivity index (χ0v) is 15.9. The van der Waals surface area contributed by atoms with E-state index in [0.29, 0.717) is 5.92 Å². The number of methoxy groups -OCH3 is 1. The molecule has 1 aliphatic heterocycles. The van der Waals surface area contributed by atoms with Crippen molar-refractivity contribution in [3.05, 3.63) is 42.5 Å². The lowest BCUT2D eigenvalue weighted by Gasteiger charge is -2.32. The zero-order chi connectivity index (χ0) is 18.6. The summed E-state index contributed by atoms with van der Waals surface area (Å²) in [7, 11) is 1.39. The van der Waals surface area contributed by atoms with Gasteiger partial charge in [0.1, 0.15) is 16.5 Å². The van der Waals surface area contributed by atoms with E-state index in [1.54, 1.807) is 12.4 Å². The van der Waals surface area contributed by atoms with Gasteiger partial charge in [0.25, 0.3) is 0 Å². The van der Waals surface area contributed by atoms with Gasteiger partial charge in [0.15, 0.2) is 0 Å². The summed E-state index contributed by atoms with van der Waals surface area (Å²) in [6.45, 7) is 1.86. The number of anilines is 1. The van der Waals surface area contributed by atoms with Crippen LogP contribution in [0.25, 0.3) is 11.0 Å². The Labute approximate surface area is 161 Å². The molecule has 0 amide bonds. The second kappa shape index (κ2) is 7.96. The smallest absolute Gasteiger partial charge is 0.316 e. The van der Waals surface area contributed by atoms with Crippen molar-refractivity contribution in [1.82, 2.24) is 19.9 Å². The number of nitrogens with zero attached hydrogens (tertiary/aromatic N) is 4. The Morgan fingerprint density at radius 3 is 3.04 bits per heavy atom. The maximum Gasteiger partial charge on any atom is 0.316 e. The quantitative estimate of drug-likeness (QED) is 0.535. The van der Waals surface area contributed by atoms with Crippen LogP contribution in [0.2, 0.25) is 0 Å². The van der Waals surface area contributed by atoms with E-state index in [2.05, 4.69) is 41.8 Å². The summed E-state index contributed by atoms with van der Waals surface area (Å²) in [6, 6.07) is 4.12. The predicted octanol–water partition coefficient (Wildman–Crippen LogP) is 3.00. The van der Waals surface area contributed by atoms with Crippen LogP contribution in [-0.2, 0) is 9.53 Å². The number of nitrogens with one attached hydrogen (secondary N) is 1. The first-order valence-corrected chi connectivity index (χ1v) is 9.92. The fraction of sp³-hybridized carbons (Fsp3) is 0.368. The lowest BCUT2D eigenvalue weighted by atomic mass is 9.89. The number of hydrogen-bond acceptors (Lipinski definition) is 7. The fourth-order valence-electron chi connectivity index (χ4n) is 3.49. The first kappa shape index (κ1) is 17.8. The van der Waals surface area contributed by atoms with Crippen molar-refractivity contribution in [2.45, 2.75) is 23.8 Å². The molecule has 0 atom stereocenters.